The average molecular weight is 214 g/mol. The van der Waals surface area contributed by atoms with Crippen LogP contribution in [0.15, 0.2) is 0 Å². The molecule has 1 aliphatic rings. The number of hydrogen-bond donors (Lipinski definition) is 2. The van der Waals surface area contributed by atoms with Gasteiger partial charge in [0.15, 0.2) is 0 Å². The monoisotopic (exact) mass is 214 g/mol. The lowest BCUT2D eigenvalue weighted by atomic mass is 9.93. The molecule has 1 heterocycles. The number of carboxylic acids is 1. The number of piperidine rings is 1. The summed E-state index contributed by atoms with van der Waals surface area (Å²) in [7, 11) is 0. The van der Waals surface area contributed by atoms with E-state index in [-0.39, 0.29) is 6.03 Å². The number of amides is 2. The second-order valence-corrected chi connectivity index (χ2v) is 4.01. The van der Waals surface area contributed by atoms with Gasteiger partial charge < -0.3 is 15.3 Å². The highest BCUT2D eigenvalue weighted by atomic mass is 16.4. The Morgan fingerprint density at radius 3 is 2.73 bits per heavy atom. The molecule has 86 valence electrons. The zero-order chi connectivity index (χ0) is 11.4. The number of aliphatic carboxylic acids is 1. The van der Waals surface area contributed by atoms with E-state index in [0.717, 1.165) is 6.42 Å². The molecule has 5 nitrogen and oxygen atoms in total. The third-order valence-electron chi connectivity index (χ3n) is 2.74. The van der Waals surface area contributed by atoms with Gasteiger partial charge in [0.05, 0.1) is 0 Å². The zero-order valence-electron chi connectivity index (χ0n) is 9.19. The fourth-order valence-corrected chi connectivity index (χ4v) is 1.87. The number of rotatable bonds is 2. The molecule has 2 N–H and O–H groups in total. The van der Waals surface area contributed by atoms with Gasteiger partial charge in [-0.2, -0.15) is 0 Å². The van der Waals surface area contributed by atoms with Crippen LogP contribution in [0.5, 0.6) is 0 Å². The molecule has 5 heteroatoms. The largest absolute Gasteiger partial charge is 0.480 e. The Morgan fingerprint density at radius 1 is 1.53 bits per heavy atom. The van der Waals surface area contributed by atoms with E-state index in [9.17, 15) is 9.59 Å². The first-order valence-electron chi connectivity index (χ1n) is 5.33. The molecule has 1 fully saturated rings. The fourth-order valence-electron chi connectivity index (χ4n) is 1.87. The van der Waals surface area contributed by atoms with Crippen LogP contribution in [-0.2, 0) is 4.79 Å². The Morgan fingerprint density at radius 2 is 2.20 bits per heavy atom. The van der Waals surface area contributed by atoms with Crippen LogP contribution in [0.25, 0.3) is 0 Å². The molecule has 15 heavy (non-hydrogen) atoms. The lowest BCUT2D eigenvalue weighted by Gasteiger charge is -2.35. The summed E-state index contributed by atoms with van der Waals surface area (Å²) in [5.41, 5.74) is 0. The number of carbonyl (C=O) groups is 2. The molecule has 0 aliphatic carbocycles. The van der Waals surface area contributed by atoms with Crippen molar-refractivity contribution in [1.82, 2.24) is 10.2 Å². The number of carboxylic acid groups (broad SMARTS) is 1. The highest BCUT2D eigenvalue weighted by Gasteiger charge is 2.34. The van der Waals surface area contributed by atoms with Gasteiger partial charge in [-0.05, 0) is 25.7 Å². The molecular formula is C10H18N2O3. The number of carbonyl (C=O) groups excluding carboxylic acids is 1. The quantitative estimate of drug-likeness (QED) is 0.717. The van der Waals surface area contributed by atoms with Crippen LogP contribution in [0, 0.1) is 5.92 Å². The minimum absolute atomic E-state index is 0.267. The standard InChI is InChI=1S/C10H18N2O3/c1-3-11-10(15)12-5-4-7(2)6-8(12)9(13)14/h7-8H,3-6H2,1-2H3,(H,11,15)(H,13,14). The summed E-state index contributed by atoms with van der Waals surface area (Å²) in [5.74, 6) is -0.537. The van der Waals surface area contributed by atoms with Crippen molar-refractivity contribution < 1.29 is 14.7 Å². The van der Waals surface area contributed by atoms with Crippen LogP contribution in [0.1, 0.15) is 26.7 Å². The van der Waals surface area contributed by atoms with Crippen LogP contribution in [0.3, 0.4) is 0 Å². The molecule has 1 aliphatic heterocycles. The minimum Gasteiger partial charge on any atom is -0.480 e. The van der Waals surface area contributed by atoms with Crippen molar-refractivity contribution in [2.24, 2.45) is 5.92 Å². The number of urea groups is 1. The summed E-state index contributed by atoms with van der Waals surface area (Å²) in [6, 6.07) is -0.933. The van der Waals surface area contributed by atoms with E-state index in [1.54, 1.807) is 0 Å². The van der Waals surface area contributed by atoms with Crippen LogP contribution >= 0.6 is 0 Å². The molecule has 0 spiro atoms. The number of nitrogens with one attached hydrogen (secondary N) is 1. The highest BCUT2D eigenvalue weighted by molar-refractivity contribution is 5.82. The Bertz CT molecular complexity index is 255. The molecule has 2 unspecified atom stereocenters. The van der Waals surface area contributed by atoms with Crippen LogP contribution < -0.4 is 5.32 Å². The Balaban J connectivity index is 2.68. The number of hydrogen-bond acceptors (Lipinski definition) is 2. The van der Waals surface area contributed by atoms with E-state index in [1.807, 2.05) is 13.8 Å². The van der Waals surface area contributed by atoms with Crippen molar-refractivity contribution in [3.8, 4) is 0 Å². The fraction of sp³-hybridized carbons (Fsp3) is 0.800. The summed E-state index contributed by atoms with van der Waals surface area (Å²) >= 11 is 0. The van der Waals surface area contributed by atoms with Crippen molar-refractivity contribution in [1.29, 1.82) is 0 Å². The molecule has 0 aromatic heterocycles. The molecule has 0 aromatic rings. The first kappa shape index (κ1) is 11.8. The van der Waals surface area contributed by atoms with Gasteiger partial charge in [-0.1, -0.05) is 6.92 Å². The third kappa shape index (κ3) is 2.84. The molecule has 1 saturated heterocycles. The Hall–Kier alpha value is -1.26. The van der Waals surface area contributed by atoms with Gasteiger partial charge in [0, 0.05) is 13.1 Å². The third-order valence-corrected chi connectivity index (χ3v) is 2.74. The van der Waals surface area contributed by atoms with Crippen LogP contribution in [0.2, 0.25) is 0 Å². The van der Waals surface area contributed by atoms with E-state index in [0.29, 0.717) is 25.4 Å². The molecular weight excluding hydrogens is 196 g/mol. The number of nitrogens with zero attached hydrogens (tertiary/aromatic N) is 1. The van der Waals surface area contributed by atoms with Gasteiger partial charge in [-0.25, -0.2) is 9.59 Å². The Kier molecular flexibility index (Phi) is 3.94. The normalized spacial score (nSPS) is 26.1. The summed E-state index contributed by atoms with van der Waals surface area (Å²) in [5, 5.41) is 11.7. The summed E-state index contributed by atoms with van der Waals surface area (Å²) in [6.45, 7) is 4.90. The van der Waals surface area contributed by atoms with Gasteiger partial charge in [0.2, 0.25) is 0 Å². The van der Waals surface area contributed by atoms with Crippen molar-refractivity contribution in [3.05, 3.63) is 0 Å². The first-order chi connectivity index (χ1) is 7.06. The maximum Gasteiger partial charge on any atom is 0.326 e. The first-order valence-corrected chi connectivity index (χ1v) is 5.33. The second-order valence-electron chi connectivity index (χ2n) is 4.01. The van der Waals surface area contributed by atoms with E-state index in [2.05, 4.69) is 5.32 Å². The van der Waals surface area contributed by atoms with Gasteiger partial charge in [-0.15, -0.1) is 0 Å². The smallest absolute Gasteiger partial charge is 0.326 e. The predicted octanol–water partition coefficient (Wildman–Crippen LogP) is 0.901. The summed E-state index contributed by atoms with van der Waals surface area (Å²) < 4.78 is 0. The van der Waals surface area contributed by atoms with Crippen LogP contribution in [-0.4, -0.2) is 41.1 Å². The summed E-state index contributed by atoms with van der Waals surface area (Å²) in [6.07, 6.45) is 1.42. The molecule has 2 atom stereocenters. The lowest BCUT2D eigenvalue weighted by Crippen LogP contribution is -2.53. The number of likely N-dealkylation sites (tertiary alicyclic amines) is 1. The molecule has 0 radical (unpaired) electrons. The minimum atomic E-state index is -0.909. The Labute approximate surface area is 89.4 Å². The van der Waals surface area contributed by atoms with E-state index in [4.69, 9.17) is 5.11 Å². The lowest BCUT2D eigenvalue weighted by molar-refractivity contribution is -0.143. The topological polar surface area (TPSA) is 69.6 Å². The maximum atomic E-state index is 11.6. The second kappa shape index (κ2) is 5.00. The van der Waals surface area contributed by atoms with E-state index in [1.165, 1.54) is 4.90 Å². The van der Waals surface area contributed by atoms with E-state index >= 15 is 0 Å². The van der Waals surface area contributed by atoms with Crippen molar-refractivity contribution >= 4 is 12.0 Å². The van der Waals surface area contributed by atoms with Gasteiger partial charge in [-0.3, -0.25) is 0 Å². The highest BCUT2D eigenvalue weighted by Crippen LogP contribution is 2.22. The zero-order valence-corrected chi connectivity index (χ0v) is 9.19. The van der Waals surface area contributed by atoms with Crippen LogP contribution in [0.4, 0.5) is 4.79 Å². The average Bonchev–Trinajstić information content (AvgIpc) is 2.17. The molecule has 2 amide bonds. The SMILES string of the molecule is CCNC(=O)N1CCC(C)CC1C(=O)O. The molecule has 1 rings (SSSR count). The van der Waals surface area contributed by atoms with Gasteiger partial charge in [0.1, 0.15) is 6.04 Å². The predicted molar refractivity (Wildman–Crippen MR) is 55.6 cm³/mol. The maximum absolute atomic E-state index is 11.6. The van der Waals surface area contributed by atoms with Gasteiger partial charge >= 0.3 is 12.0 Å². The molecule has 0 bridgehead atoms. The summed E-state index contributed by atoms with van der Waals surface area (Å²) in [4.78, 5) is 24.0. The van der Waals surface area contributed by atoms with Gasteiger partial charge in [0.25, 0.3) is 0 Å². The molecule has 0 aromatic carbocycles. The van der Waals surface area contributed by atoms with E-state index < -0.39 is 12.0 Å². The van der Waals surface area contributed by atoms with Crippen molar-refractivity contribution in [2.75, 3.05) is 13.1 Å². The van der Waals surface area contributed by atoms with Crippen molar-refractivity contribution in [2.45, 2.75) is 32.7 Å². The van der Waals surface area contributed by atoms with Crippen molar-refractivity contribution in [3.63, 3.8) is 0 Å². The molecule has 0 saturated carbocycles.